The monoisotopic (exact) mass is 437 g/mol. The van der Waals surface area contributed by atoms with Crippen LogP contribution in [0.15, 0.2) is 60.7 Å². The van der Waals surface area contributed by atoms with E-state index in [1.165, 1.54) is 0 Å². The van der Waals surface area contributed by atoms with Crippen LogP contribution in [-0.4, -0.2) is 59.0 Å². The molecule has 0 saturated carbocycles. The molecule has 0 radical (unpaired) electrons. The number of aliphatic hydroxyl groups is 2. The molecule has 9 heteroatoms. The molecule has 6 atom stereocenters. The summed E-state index contributed by atoms with van der Waals surface area (Å²) in [5.74, 6) is 0. The second-order valence-electron chi connectivity index (χ2n) is 7.31. The Hall–Kier alpha value is -1.61. The van der Waals surface area contributed by atoms with E-state index in [0.29, 0.717) is 0 Å². The average molecular weight is 437 g/mol. The molecule has 2 aromatic carbocycles. The normalized spacial score (nSPS) is 28.7. The van der Waals surface area contributed by atoms with Gasteiger partial charge in [0.2, 0.25) is 0 Å². The van der Waals surface area contributed by atoms with Crippen LogP contribution in [0.5, 0.6) is 0 Å². The zero-order valence-electron chi connectivity index (χ0n) is 16.7. The Morgan fingerprint density at radius 3 is 2.03 bits per heavy atom. The van der Waals surface area contributed by atoms with Crippen LogP contribution in [0.2, 0.25) is 0 Å². The van der Waals surface area contributed by atoms with Gasteiger partial charge in [-0.25, -0.2) is 5.09 Å². The zero-order chi connectivity index (χ0) is 21.6. The third-order valence-corrected chi connectivity index (χ3v) is 5.56. The van der Waals surface area contributed by atoms with Gasteiger partial charge in [0.05, 0.1) is 25.9 Å². The van der Waals surface area contributed by atoms with Crippen molar-refractivity contribution in [1.29, 1.82) is 0 Å². The first-order valence-electron chi connectivity index (χ1n) is 9.71. The molecule has 1 saturated heterocycles. The van der Waals surface area contributed by atoms with Gasteiger partial charge in [0, 0.05) is 6.66 Å². The predicted molar refractivity (Wildman–Crippen MR) is 111 cm³/mol. The summed E-state index contributed by atoms with van der Waals surface area (Å²) in [6.45, 7) is 1.08. The molecule has 164 valence electrons. The van der Waals surface area contributed by atoms with Crippen LogP contribution >= 0.6 is 7.52 Å². The van der Waals surface area contributed by atoms with Crippen molar-refractivity contribution in [2.45, 2.75) is 43.9 Å². The van der Waals surface area contributed by atoms with Gasteiger partial charge in [0.25, 0.3) is 7.52 Å². The summed E-state index contributed by atoms with van der Waals surface area (Å²) < 4.78 is 29.5. The Kier molecular flexibility index (Phi) is 8.16. The molecule has 1 aliphatic rings. The summed E-state index contributed by atoms with van der Waals surface area (Å²) in [7, 11) is -3.72. The van der Waals surface area contributed by atoms with Crippen molar-refractivity contribution in [2.75, 3.05) is 13.3 Å². The highest BCUT2D eigenvalue weighted by molar-refractivity contribution is 7.55. The molecule has 3 unspecified atom stereocenters. The third-order valence-electron chi connectivity index (χ3n) is 4.78. The predicted octanol–water partition coefficient (Wildman–Crippen LogP) is 1.64. The van der Waals surface area contributed by atoms with E-state index in [9.17, 15) is 19.7 Å². The number of hydrogen-bond acceptors (Lipinski definition) is 6. The second kappa shape index (κ2) is 10.6. The van der Waals surface area contributed by atoms with Crippen LogP contribution in [0.4, 0.5) is 0 Å². The molecular weight excluding hydrogens is 409 g/mol. The lowest BCUT2D eigenvalue weighted by Crippen LogP contribution is -2.63. The molecule has 8 nitrogen and oxygen atoms in total. The molecule has 0 aromatic heterocycles. The van der Waals surface area contributed by atoms with E-state index < -0.39 is 44.8 Å². The van der Waals surface area contributed by atoms with Gasteiger partial charge >= 0.3 is 0 Å². The maximum Gasteiger partial charge on any atom is 0.264 e. The summed E-state index contributed by atoms with van der Waals surface area (Å²) in [5.41, 5.74) is 1.76. The summed E-state index contributed by atoms with van der Waals surface area (Å²) in [4.78, 5) is 9.84. The molecule has 2 aromatic rings. The number of hydrogen-bond donors (Lipinski definition) is 4. The van der Waals surface area contributed by atoms with E-state index in [2.05, 4.69) is 5.09 Å². The lowest BCUT2D eigenvalue weighted by atomic mass is 9.97. The van der Waals surface area contributed by atoms with Gasteiger partial charge in [-0.05, 0) is 11.1 Å². The highest BCUT2D eigenvalue weighted by atomic mass is 31.2. The number of ether oxygens (including phenoxy) is 3. The number of rotatable bonds is 9. The molecule has 0 amide bonds. The topological polar surface area (TPSA) is 117 Å². The maximum atomic E-state index is 12.0. The van der Waals surface area contributed by atoms with Crippen molar-refractivity contribution < 1.29 is 33.9 Å². The molecule has 0 bridgehead atoms. The summed E-state index contributed by atoms with van der Waals surface area (Å²) in [6, 6.07) is 17.7. The Morgan fingerprint density at radius 2 is 1.53 bits per heavy atom. The molecular formula is C21H28NO7P. The molecule has 3 rings (SSSR count). The fourth-order valence-electron chi connectivity index (χ4n) is 3.35. The third kappa shape index (κ3) is 6.44. The number of nitrogens with one attached hydrogen (secondary N) is 1. The van der Waals surface area contributed by atoms with Crippen LogP contribution in [0.25, 0.3) is 0 Å². The van der Waals surface area contributed by atoms with Crippen LogP contribution in [0.3, 0.4) is 0 Å². The Balaban J connectivity index is 1.74. The molecule has 30 heavy (non-hydrogen) atoms. The van der Waals surface area contributed by atoms with E-state index in [0.717, 1.165) is 17.8 Å². The van der Waals surface area contributed by atoms with Gasteiger partial charge in [-0.1, -0.05) is 60.7 Å². The minimum Gasteiger partial charge on any atom is -0.394 e. The molecule has 1 aliphatic heterocycles. The van der Waals surface area contributed by atoms with Gasteiger partial charge in [-0.15, -0.1) is 0 Å². The van der Waals surface area contributed by atoms with Crippen LogP contribution < -0.4 is 5.09 Å². The Morgan fingerprint density at radius 1 is 1.00 bits per heavy atom. The fourth-order valence-corrected chi connectivity index (χ4v) is 4.18. The standard InChI is InChI=1S/C21H28NO7P/c1-30(25,26)22-18-19(24)20(27-13-15-8-4-2-5-9-15)17(12-23)29-21(18)28-14-16-10-6-3-7-11-16/h2-11,17-21,23-24H,12-14H2,1H3,(H2,22,25,26)/t17?,18-,19?,20+,21+/m0/s1. The van der Waals surface area contributed by atoms with Crippen LogP contribution in [-0.2, 0) is 32.0 Å². The fraction of sp³-hybridized carbons (Fsp3) is 0.429. The van der Waals surface area contributed by atoms with Gasteiger partial charge in [0.1, 0.15) is 18.3 Å². The van der Waals surface area contributed by atoms with Gasteiger partial charge in [0.15, 0.2) is 6.29 Å². The van der Waals surface area contributed by atoms with Crippen molar-refractivity contribution in [3.63, 3.8) is 0 Å². The number of aliphatic hydroxyl groups excluding tert-OH is 2. The average Bonchev–Trinajstić information content (AvgIpc) is 2.74. The lowest BCUT2D eigenvalue weighted by Gasteiger charge is -2.44. The highest BCUT2D eigenvalue weighted by Gasteiger charge is 2.47. The number of benzene rings is 2. The van der Waals surface area contributed by atoms with Crippen molar-refractivity contribution in [1.82, 2.24) is 5.09 Å². The first kappa shape index (κ1) is 23.1. The SMILES string of the molecule is CP(=O)(O)N[C@H]1C(O)[C@H](OCc2ccccc2)C(CO)O[C@H]1OCc1ccccc1. The van der Waals surface area contributed by atoms with Crippen LogP contribution in [0.1, 0.15) is 11.1 Å². The van der Waals surface area contributed by atoms with Crippen molar-refractivity contribution in [2.24, 2.45) is 0 Å². The largest absolute Gasteiger partial charge is 0.394 e. The molecule has 0 aliphatic carbocycles. The van der Waals surface area contributed by atoms with E-state index >= 15 is 0 Å². The van der Waals surface area contributed by atoms with Crippen molar-refractivity contribution >= 4 is 7.52 Å². The summed E-state index contributed by atoms with van der Waals surface area (Å²) >= 11 is 0. The molecule has 1 fully saturated rings. The van der Waals surface area contributed by atoms with Gasteiger partial charge < -0.3 is 29.3 Å². The lowest BCUT2D eigenvalue weighted by molar-refractivity contribution is -0.281. The smallest absolute Gasteiger partial charge is 0.264 e. The second-order valence-corrected chi connectivity index (χ2v) is 9.32. The highest BCUT2D eigenvalue weighted by Crippen LogP contribution is 2.35. The molecule has 1 heterocycles. The minimum absolute atomic E-state index is 0.170. The molecule has 0 spiro atoms. The summed E-state index contributed by atoms with van der Waals surface area (Å²) in [6.07, 6.45) is -4.09. The minimum atomic E-state index is -3.72. The first-order chi connectivity index (χ1) is 14.4. The van der Waals surface area contributed by atoms with E-state index in [1.54, 1.807) is 0 Å². The Labute approximate surface area is 175 Å². The van der Waals surface area contributed by atoms with E-state index in [-0.39, 0.29) is 13.2 Å². The van der Waals surface area contributed by atoms with E-state index in [1.807, 2.05) is 60.7 Å². The maximum absolute atomic E-state index is 12.0. The van der Waals surface area contributed by atoms with Crippen LogP contribution in [0, 0.1) is 0 Å². The first-order valence-corrected chi connectivity index (χ1v) is 11.8. The van der Waals surface area contributed by atoms with Gasteiger partial charge in [-0.2, -0.15) is 0 Å². The quantitative estimate of drug-likeness (QED) is 0.438. The molecule has 4 N–H and O–H groups in total. The van der Waals surface area contributed by atoms with Crippen molar-refractivity contribution in [3.05, 3.63) is 71.8 Å². The zero-order valence-corrected chi connectivity index (χ0v) is 17.6. The van der Waals surface area contributed by atoms with E-state index in [4.69, 9.17) is 14.2 Å². The summed E-state index contributed by atoms with van der Waals surface area (Å²) in [5, 5.41) is 23.3. The van der Waals surface area contributed by atoms with Gasteiger partial charge in [-0.3, -0.25) is 4.57 Å². The van der Waals surface area contributed by atoms with Crippen molar-refractivity contribution in [3.8, 4) is 0 Å². The Bertz CT molecular complexity index is 817.